The Labute approximate surface area is 156 Å². The molecule has 1 heterocycles. The quantitative estimate of drug-likeness (QED) is 0.726. The maximum atomic E-state index is 12.3. The number of hydrogen-bond donors (Lipinski definition) is 1. The van der Waals surface area contributed by atoms with E-state index in [2.05, 4.69) is 5.32 Å². The second kappa shape index (κ2) is 7.90. The lowest BCUT2D eigenvalue weighted by molar-refractivity contribution is -0.116. The predicted octanol–water partition coefficient (Wildman–Crippen LogP) is 2.72. The maximum Gasteiger partial charge on any atom is 0.420 e. The van der Waals surface area contributed by atoms with Crippen molar-refractivity contribution in [3.8, 4) is 0 Å². The minimum Gasteiger partial charge on any atom is -0.408 e. The number of rotatable bonds is 6. The van der Waals surface area contributed by atoms with Crippen LogP contribution < -0.4 is 11.1 Å². The Kier molecular flexibility index (Phi) is 5.40. The first-order valence-corrected chi connectivity index (χ1v) is 8.81. The molecule has 2 amide bonds. The molecule has 0 aliphatic heterocycles. The molecular weight excluding hydrogens is 346 g/mol. The van der Waals surface area contributed by atoms with E-state index in [0.29, 0.717) is 35.4 Å². The molecule has 0 unspecified atom stereocenters. The molecule has 0 atom stereocenters. The molecule has 27 heavy (non-hydrogen) atoms. The first-order chi connectivity index (χ1) is 13.0. The summed E-state index contributed by atoms with van der Waals surface area (Å²) in [7, 11) is 0. The molecule has 7 heteroatoms. The normalized spacial score (nSPS) is 10.7. The highest BCUT2D eigenvalue weighted by Gasteiger charge is 2.14. The van der Waals surface area contributed by atoms with Crippen LogP contribution in [-0.4, -0.2) is 34.4 Å². The van der Waals surface area contributed by atoms with Gasteiger partial charge in [-0.1, -0.05) is 12.1 Å². The average Bonchev–Trinajstić information content (AvgIpc) is 2.98. The van der Waals surface area contributed by atoms with Gasteiger partial charge in [-0.2, -0.15) is 0 Å². The molecule has 1 N–H and O–H groups in total. The molecule has 0 spiro atoms. The van der Waals surface area contributed by atoms with Crippen molar-refractivity contribution in [3.05, 3.63) is 64.6 Å². The lowest BCUT2D eigenvalue weighted by Crippen LogP contribution is -2.30. The van der Waals surface area contributed by atoms with Gasteiger partial charge in [-0.25, -0.2) is 4.79 Å². The van der Waals surface area contributed by atoms with Gasteiger partial charge in [0.1, 0.15) is 6.54 Å². The maximum absolute atomic E-state index is 12.3. The van der Waals surface area contributed by atoms with Gasteiger partial charge in [-0.3, -0.25) is 14.2 Å². The molecule has 0 bridgehead atoms. The Morgan fingerprint density at radius 1 is 1.04 bits per heavy atom. The summed E-state index contributed by atoms with van der Waals surface area (Å²) < 4.78 is 6.40. The topological polar surface area (TPSA) is 84.5 Å². The first-order valence-electron chi connectivity index (χ1n) is 8.81. The molecule has 3 rings (SSSR count). The van der Waals surface area contributed by atoms with E-state index in [0.717, 1.165) is 0 Å². The van der Waals surface area contributed by atoms with Gasteiger partial charge in [0.2, 0.25) is 5.91 Å². The minimum atomic E-state index is -0.577. The van der Waals surface area contributed by atoms with Gasteiger partial charge in [0.15, 0.2) is 5.58 Å². The van der Waals surface area contributed by atoms with Gasteiger partial charge in [0.25, 0.3) is 5.91 Å². The molecule has 0 aliphatic carbocycles. The number of amides is 2. The Balaban J connectivity index is 1.70. The van der Waals surface area contributed by atoms with Crippen LogP contribution >= 0.6 is 0 Å². The number of para-hydroxylation sites is 2. The molecule has 0 aliphatic rings. The number of carbonyl (C=O) groups is 2. The van der Waals surface area contributed by atoms with Gasteiger partial charge in [0, 0.05) is 24.3 Å². The molecule has 1 aromatic heterocycles. The van der Waals surface area contributed by atoms with Gasteiger partial charge < -0.3 is 14.6 Å². The lowest BCUT2D eigenvalue weighted by Gasteiger charge is -2.18. The van der Waals surface area contributed by atoms with Crippen LogP contribution in [0.15, 0.2) is 57.7 Å². The van der Waals surface area contributed by atoms with Gasteiger partial charge in [-0.15, -0.1) is 0 Å². The van der Waals surface area contributed by atoms with Gasteiger partial charge in [-0.05, 0) is 50.2 Å². The Hall–Kier alpha value is -3.35. The number of nitrogens with zero attached hydrogens (tertiary/aromatic N) is 2. The average molecular weight is 367 g/mol. The summed E-state index contributed by atoms with van der Waals surface area (Å²) in [5, 5.41) is 2.73. The molecule has 140 valence electrons. The van der Waals surface area contributed by atoms with Crippen LogP contribution in [-0.2, 0) is 11.3 Å². The fourth-order valence-corrected chi connectivity index (χ4v) is 2.90. The van der Waals surface area contributed by atoms with E-state index in [1.807, 2.05) is 13.8 Å². The van der Waals surface area contributed by atoms with Gasteiger partial charge in [0.05, 0.1) is 5.52 Å². The number of aromatic nitrogens is 1. The summed E-state index contributed by atoms with van der Waals surface area (Å²) >= 11 is 0. The summed E-state index contributed by atoms with van der Waals surface area (Å²) in [6, 6.07) is 13.6. The number of anilines is 1. The summed E-state index contributed by atoms with van der Waals surface area (Å²) in [5.74, 6) is -0.979. The van der Waals surface area contributed by atoms with Crippen molar-refractivity contribution < 1.29 is 14.0 Å². The molecule has 2 aromatic carbocycles. The van der Waals surface area contributed by atoms with E-state index in [9.17, 15) is 14.4 Å². The van der Waals surface area contributed by atoms with Crippen LogP contribution in [0.5, 0.6) is 0 Å². The first kappa shape index (κ1) is 18.4. The smallest absolute Gasteiger partial charge is 0.408 e. The number of hydrogen-bond acceptors (Lipinski definition) is 4. The lowest BCUT2D eigenvalue weighted by atomic mass is 10.1. The van der Waals surface area contributed by atoms with E-state index < -0.39 is 5.76 Å². The van der Waals surface area contributed by atoms with Crippen LogP contribution in [0.25, 0.3) is 11.1 Å². The number of fused-ring (bicyclic) bond motifs is 1. The SMILES string of the molecule is CCN(CC)C(=O)c1ccc(NC(=O)Cn2c(=O)oc3ccccc32)cc1. The minimum absolute atomic E-state index is 0.0469. The van der Waals surface area contributed by atoms with Crippen LogP contribution in [0.4, 0.5) is 5.69 Å². The molecule has 0 fully saturated rings. The Morgan fingerprint density at radius 2 is 1.70 bits per heavy atom. The number of oxazole rings is 1. The van der Waals surface area contributed by atoms with Crippen molar-refractivity contribution in [1.82, 2.24) is 9.47 Å². The van der Waals surface area contributed by atoms with E-state index in [1.54, 1.807) is 53.4 Å². The zero-order valence-electron chi connectivity index (χ0n) is 15.3. The fourth-order valence-electron chi connectivity index (χ4n) is 2.90. The number of benzene rings is 2. The predicted molar refractivity (Wildman–Crippen MR) is 103 cm³/mol. The van der Waals surface area contributed by atoms with Crippen molar-refractivity contribution in [2.45, 2.75) is 20.4 Å². The highest BCUT2D eigenvalue weighted by Crippen LogP contribution is 2.14. The summed E-state index contributed by atoms with van der Waals surface area (Å²) in [4.78, 5) is 38.3. The largest absolute Gasteiger partial charge is 0.420 e. The van der Waals surface area contributed by atoms with Crippen molar-refractivity contribution in [1.29, 1.82) is 0 Å². The van der Waals surface area contributed by atoms with Crippen LogP contribution in [0.2, 0.25) is 0 Å². The summed E-state index contributed by atoms with van der Waals surface area (Å²) in [6.07, 6.45) is 0. The molecule has 3 aromatic rings. The Bertz CT molecular complexity index is 1010. The van der Waals surface area contributed by atoms with E-state index in [-0.39, 0.29) is 18.4 Å². The third-order valence-electron chi connectivity index (χ3n) is 4.34. The molecular formula is C20H21N3O4. The van der Waals surface area contributed by atoms with Crippen molar-refractivity contribution in [3.63, 3.8) is 0 Å². The zero-order chi connectivity index (χ0) is 19.4. The zero-order valence-corrected chi connectivity index (χ0v) is 15.3. The van der Waals surface area contributed by atoms with Crippen molar-refractivity contribution in [2.75, 3.05) is 18.4 Å². The van der Waals surface area contributed by atoms with E-state index in [1.165, 1.54) is 4.57 Å². The summed E-state index contributed by atoms with van der Waals surface area (Å²) in [6.45, 7) is 4.98. The monoisotopic (exact) mass is 367 g/mol. The van der Waals surface area contributed by atoms with Crippen LogP contribution in [0.1, 0.15) is 24.2 Å². The third-order valence-corrected chi connectivity index (χ3v) is 4.34. The molecule has 7 nitrogen and oxygen atoms in total. The molecule has 0 saturated carbocycles. The highest BCUT2D eigenvalue weighted by atomic mass is 16.4. The second-order valence-electron chi connectivity index (χ2n) is 6.02. The van der Waals surface area contributed by atoms with E-state index >= 15 is 0 Å². The number of nitrogens with one attached hydrogen (secondary N) is 1. The van der Waals surface area contributed by atoms with Gasteiger partial charge >= 0.3 is 5.76 Å². The number of carbonyl (C=O) groups excluding carboxylic acids is 2. The van der Waals surface area contributed by atoms with Crippen LogP contribution in [0.3, 0.4) is 0 Å². The standard InChI is InChI=1S/C20H21N3O4/c1-3-22(4-2)19(25)14-9-11-15(12-10-14)21-18(24)13-23-16-7-5-6-8-17(16)27-20(23)26/h5-12H,3-4,13H2,1-2H3,(H,21,24). The summed E-state index contributed by atoms with van der Waals surface area (Å²) in [5.41, 5.74) is 2.12. The van der Waals surface area contributed by atoms with E-state index in [4.69, 9.17) is 4.42 Å². The van der Waals surface area contributed by atoms with Crippen LogP contribution in [0, 0.1) is 0 Å². The van der Waals surface area contributed by atoms with Crippen molar-refractivity contribution >= 4 is 28.6 Å². The second-order valence-corrected chi connectivity index (χ2v) is 6.02. The molecule has 0 radical (unpaired) electrons. The third kappa shape index (κ3) is 3.92. The highest BCUT2D eigenvalue weighted by molar-refractivity contribution is 5.96. The Morgan fingerprint density at radius 3 is 2.37 bits per heavy atom. The fraction of sp³-hybridized carbons (Fsp3) is 0.250. The molecule has 0 saturated heterocycles. The van der Waals surface area contributed by atoms with Crippen molar-refractivity contribution in [2.24, 2.45) is 0 Å².